The molecule has 1 aliphatic heterocycles. The van der Waals surface area contributed by atoms with Crippen LogP contribution < -0.4 is 5.32 Å². The number of nitrogens with one attached hydrogen (secondary N) is 1. The van der Waals surface area contributed by atoms with E-state index in [2.05, 4.69) is 5.32 Å². The molecular weight excluding hydrogens is 216 g/mol. The molecule has 1 amide bonds. The number of hydrogen-bond acceptors (Lipinski definition) is 3. The molecule has 4 heteroatoms. The molecule has 2 fully saturated rings. The topological polar surface area (TPSA) is 45.5 Å². The average molecular weight is 234 g/mol. The summed E-state index contributed by atoms with van der Waals surface area (Å²) in [6.07, 6.45) is 4.65. The van der Waals surface area contributed by atoms with Gasteiger partial charge in [0.2, 0.25) is 5.91 Å². The summed E-state index contributed by atoms with van der Waals surface area (Å²) >= 11 is 0. The smallest absolute Gasteiger partial charge is 0.223 e. The zero-order chi connectivity index (χ0) is 11.7. The van der Waals surface area contributed by atoms with Gasteiger partial charge in [0.05, 0.1) is 12.8 Å². The van der Waals surface area contributed by atoms with Gasteiger partial charge in [-0.15, -0.1) is 0 Å². The van der Waals surface area contributed by atoms with Crippen LogP contribution in [0.4, 0.5) is 0 Å². The maximum Gasteiger partial charge on any atom is 0.223 e. The first-order chi connectivity index (χ1) is 8.33. The molecule has 2 heterocycles. The number of carbonyl (C=O) groups excluding carboxylic acids is 1. The first-order valence-electron chi connectivity index (χ1n) is 6.35. The van der Waals surface area contributed by atoms with Crippen LogP contribution in [0.25, 0.3) is 0 Å². The van der Waals surface area contributed by atoms with Gasteiger partial charge in [-0.2, -0.15) is 0 Å². The Morgan fingerprint density at radius 2 is 2.29 bits per heavy atom. The molecule has 3 rings (SSSR count). The molecule has 0 radical (unpaired) electrons. The Morgan fingerprint density at radius 1 is 1.47 bits per heavy atom. The lowest BCUT2D eigenvalue weighted by atomic mass is 9.98. The molecule has 1 saturated carbocycles. The SMILES string of the molecule is O=C(CC1CNC1)N(Cc1ccco1)C1CC1. The molecule has 17 heavy (non-hydrogen) atoms. The summed E-state index contributed by atoms with van der Waals surface area (Å²) in [5.74, 6) is 1.72. The van der Waals surface area contributed by atoms with Crippen molar-refractivity contribution < 1.29 is 9.21 Å². The lowest BCUT2D eigenvalue weighted by molar-refractivity contribution is -0.134. The van der Waals surface area contributed by atoms with Crippen LogP contribution in [0.1, 0.15) is 25.0 Å². The second kappa shape index (κ2) is 4.53. The fourth-order valence-electron chi connectivity index (χ4n) is 2.23. The molecular formula is C13H18N2O2. The van der Waals surface area contributed by atoms with Gasteiger partial charge >= 0.3 is 0 Å². The number of hydrogen-bond donors (Lipinski definition) is 1. The van der Waals surface area contributed by atoms with Crippen LogP contribution in [0.5, 0.6) is 0 Å². The van der Waals surface area contributed by atoms with Gasteiger partial charge in [0, 0.05) is 12.5 Å². The van der Waals surface area contributed by atoms with Crippen molar-refractivity contribution in [2.24, 2.45) is 5.92 Å². The first-order valence-corrected chi connectivity index (χ1v) is 6.35. The second-order valence-corrected chi connectivity index (χ2v) is 5.06. The molecule has 1 aliphatic carbocycles. The molecule has 0 unspecified atom stereocenters. The largest absolute Gasteiger partial charge is 0.467 e. The molecule has 0 aromatic carbocycles. The fourth-order valence-corrected chi connectivity index (χ4v) is 2.23. The minimum atomic E-state index is 0.287. The Balaban J connectivity index is 1.60. The standard InChI is InChI=1S/C13H18N2O2/c16-13(6-10-7-14-8-10)15(11-3-4-11)9-12-2-1-5-17-12/h1-2,5,10-11,14H,3-4,6-9H2. The Bertz CT molecular complexity index is 380. The minimum absolute atomic E-state index is 0.287. The lowest BCUT2D eigenvalue weighted by Crippen LogP contribution is -2.45. The summed E-state index contributed by atoms with van der Waals surface area (Å²) in [7, 11) is 0. The number of nitrogens with zero attached hydrogens (tertiary/aromatic N) is 1. The van der Waals surface area contributed by atoms with Crippen molar-refractivity contribution in [2.45, 2.75) is 31.8 Å². The van der Waals surface area contributed by atoms with Gasteiger partial charge in [0.1, 0.15) is 5.76 Å². The third-order valence-electron chi connectivity index (χ3n) is 3.54. The van der Waals surface area contributed by atoms with Crippen LogP contribution >= 0.6 is 0 Å². The summed E-state index contributed by atoms with van der Waals surface area (Å²) in [5, 5.41) is 3.21. The number of amides is 1. The van der Waals surface area contributed by atoms with Crippen molar-refractivity contribution >= 4 is 5.91 Å². The molecule has 2 aliphatic rings. The maximum atomic E-state index is 12.2. The lowest BCUT2D eigenvalue weighted by Gasteiger charge is -2.29. The van der Waals surface area contributed by atoms with Crippen molar-refractivity contribution in [2.75, 3.05) is 13.1 Å². The molecule has 1 aromatic rings. The summed E-state index contributed by atoms with van der Waals surface area (Å²) < 4.78 is 5.33. The van der Waals surface area contributed by atoms with E-state index in [0.29, 0.717) is 24.9 Å². The molecule has 0 spiro atoms. The van der Waals surface area contributed by atoms with E-state index in [1.54, 1.807) is 6.26 Å². The van der Waals surface area contributed by atoms with Crippen LogP contribution in [0.3, 0.4) is 0 Å². The first kappa shape index (κ1) is 10.8. The van der Waals surface area contributed by atoms with Gasteiger partial charge < -0.3 is 14.6 Å². The van der Waals surface area contributed by atoms with E-state index >= 15 is 0 Å². The summed E-state index contributed by atoms with van der Waals surface area (Å²) in [5.41, 5.74) is 0. The van der Waals surface area contributed by atoms with Gasteiger partial charge in [-0.1, -0.05) is 0 Å². The summed E-state index contributed by atoms with van der Waals surface area (Å²) in [6, 6.07) is 4.27. The third kappa shape index (κ3) is 2.52. The normalized spacial score (nSPS) is 20.0. The summed E-state index contributed by atoms with van der Waals surface area (Å²) in [6.45, 7) is 2.62. The van der Waals surface area contributed by atoms with Crippen molar-refractivity contribution in [1.82, 2.24) is 10.2 Å². The van der Waals surface area contributed by atoms with Crippen LogP contribution in [-0.2, 0) is 11.3 Å². The highest BCUT2D eigenvalue weighted by Crippen LogP contribution is 2.29. The zero-order valence-corrected chi connectivity index (χ0v) is 9.89. The predicted molar refractivity (Wildman–Crippen MR) is 63.3 cm³/mol. The quantitative estimate of drug-likeness (QED) is 0.837. The van der Waals surface area contributed by atoms with Gasteiger partial charge in [-0.25, -0.2) is 0 Å². The van der Waals surface area contributed by atoms with E-state index < -0.39 is 0 Å². The highest BCUT2D eigenvalue weighted by molar-refractivity contribution is 5.77. The fraction of sp³-hybridized carbons (Fsp3) is 0.615. The van der Waals surface area contributed by atoms with Gasteiger partial charge in [0.15, 0.2) is 0 Å². The van der Waals surface area contributed by atoms with Crippen LogP contribution in [-0.4, -0.2) is 29.9 Å². The minimum Gasteiger partial charge on any atom is -0.467 e. The van der Waals surface area contributed by atoms with Crippen LogP contribution in [0.2, 0.25) is 0 Å². The molecule has 0 atom stereocenters. The molecule has 0 bridgehead atoms. The van der Waals surface area contributed by atoms with E-state index in [9.17, 15) is 4.79 Å². The molecule has 1 saturated heterocycles. The third-order valence-corrected chi connectivity index (χ3v) is 3.54. The Hall–Kier alpha value is -1.29. The highest BCUT2D eigenvalue weighted by Gasteiger charge is 2.34. The van der Waals surface area contributed by atoms with Crippen molar-refractivity contribution in [3.05, 3.63) is 24.2 Å². The van der Waals surface area contributed by atoms with Gasteiger partial charge in [-0.3, -0.25) is 4.79 Å². The van der Waals surface area contributed by atoms with Gasteiger partial charge in [0.25, 0.3) is 0 Å². The number of furan rings is 1. The predicted octanol–water partition coefficient (Wildman–Crippen LogP) is 1.38. The number of rotatable bonds is 5. The molecule has 1 N–H and O–H groups in total. The van der Waals surface area contributed by atoms with E-state index in [4.69, 9.17) is 4.42 Å². The monoisotopic (exact) mass is 234 g/mol. The average Bonchev–Trinajstić information content (AvgIpc) is 2.98. The highest BCUT2D eigenvalue weighted by atomic mass is 16.3. The zero-order valence-electron chi connectivity index (χ0n) is 9.89. The van der Waals surface area contributed by atoms with E-state index in [-0.39, 0.29) is 5.91 Å². The van der Waals surface area contributed by atoms with Crippen LogP contribution in [0.15, 0.2) is 22.8 Å². The Morgan fingerprint density at radius 3 is 2.82 bits per heavy atom. The van der Waals surface area contributed by atoms with Crippen LogP contribution in [0, 0.1) is 5.92 Å². The maximum absolute atomic E-state index is 12.2. The molecule has 92 valence electrons. The second-order valence-electron chi connectivity index (χ2n) is 5.06. The van der Waals surface area contributed by atoms with E-state index in [1.807, 2.05) is 17.0 Å². The Labute approximate surface area is 101 Å². The van der Waals surface area contributed by atoms with E-state index in [0.717, 1.165) is 31.7 Å². The molecule has 4 nitrogen and oxygen atoms in total. The number of carbonyl (C=O) groups is 1. The summed E-state index contributed by atoms with van der Waals surface area (Å²) in [4.78, 5) is 14.2. The molecule has 1 aromatic heterocycles. The Kier molecular flexibility index (Phi) is 2.89. The van der Waals surface area contributed by atoms with Crippen molar-refractivity contribution in [1.29, 1.82) is 0 Å². The van der Waals surface area contributed by atoms with Crippen molar-refractivity contribution in [3.8, 4) is 0 Å². The van der Waals surface area contributed by atoms with Gasteiger partial charge in [-0.05, 0) is 44.0 Å². The van der Waals surface area contributed by atoms with E-state index in [1.165, 1.54) is 0 Å². The van der Waals surface area contributed by atoms with Crippen molar-refractivity contribution in [3.63, 3.8) is 0 Å².